The molecule has 6 heteroatoms. The van der Waals surface area contributed by atoms with E-state index in [0.717, 1.165) is 16.9 Å². The predicted molar refractivity (Wildman–Crippen MR) is 91.0 cm³/mol. The monoisotopic (exact) mass is 319 g/mol. The van der Waals surface area contributed by atoms with Crippen LogP contribution in [0.3, 0.4) is 0 Å². The summed E-state index contributed by atoms with van der Waals surface area (Å²) in [5.74, 6) is 0.721. The van der Waals surface area contributed by atoms with Crippen molar-refractivity contribution in [1.82, 2.24) is 4.90 Å². The van der Waals surface area contributed by atoms with Crippen LogP contribution >= 0.6 is 0 Å². The van der Waals surface area contributed by atoms with Gasteiger partial charge in [0.1, 0.15) is 11.4 Å². The van der Waals surface area contributed by atoms with Crippen LogP contribution in [0.4, 0.5) is 4.79 Å². The third kappa shape index (κ3) is 6.95. The number of ether oxygens (including phenoxy) is 3. The standard InChI is InChI=1S/C17H26BNO4/c1-17(2,3)23-16(20)19(6-7-21-4)12-14-8-13(11-18)9-15(10-14)22-5/h8-10H,6-7,11-12H2,1-5H3. The molecule has 0 saturated heterocycles. The molecular weight excluding hydrogens is 293 g/mol. The topological polar surface area (TPSA) is 48.0 Å². The van der Waals surface area contributed by atoms with E-state index in [2.05, 4.69) is 0 Å². The maximum atomic E-state index is 12.4. The van der Waals surface area contributed by atoms with Crippen molar-refractivity contribution in [2.45, 2.75) is 39.2 Å². The maximum Gasteiger partial charge on any atom is 0.410 e. The minimum atomic E-state index is -0.542. The molecular formula is C17H26BNO4. The van der Waals surface area contributed by atoms with Crippen LogP contribution in [-0.4, -0.2) is 51.8 Å². The van der Waals surface area contributed by atoms with Crippen molar-refractivity contribution in [3.63, 3.8) is 0 Å². The number of amides is 1. The number of methoxy groups -OCH3 is 2. The van der Waals surface area contributed by atoms with Crippen LogP contribution in [0.1, 0.15) is 31.9 Å². The van der Waals surface area contributed by atoms with Crippen molar-refractivity contribution in [3.8, 4) is 5.75 Å². The Kier molecular flexibility index (Phi) is 7.42. The summed E-state index contributed by atoms with van der Waals surface area (Å²) in [6.07, 6.45) is 0.0426. The van der Waals surface area contributed by atoms with Crippen LogP contribution in [0, 0.1) is 0 Å². The second-order valence-electron chi connectivity index (χ2n) is 6.29. The number of hydrogen-bond acceptors (Lipinski definition) is 4. The van der Waals surface area contributed by atoms with Gasteiger partial charge in [0.2, 0.25) is 0 Å². The molecule has 2 radical (unpaired) electrons. The Morgan fingerprint density at radius 3 is 2.35 bits per heavy atom. The van der Waals surface area contributed by atoms with E-state index < -0.39 is 5.60 Å². The van der Waals surface area contributed by atoms with Crippen LogP contribution < -0.4 is 4.74 Å². The van der Waals surface area contributed by atoms with E-state index in [0.29, 0.717) is 26.0 Å². The smallest absolute Gasteiger partial charge is 0.410 e. The third-order valence-corrected chi connectivity index (χ3v) is 3.09. The molecule has 126 valence electrons. The van der Waals surface area contributed by atoms with Gasteiger partial charge >= 0.3 is 6.09 Å². The van der Waals surface area contributed by atoms with E-state index in [-0.39, 0.29) is 6.09 Å². The lowest BCUT2D eigenvalue weighted by Gasteiger charge is -2.27. The fraction of sp³-hybridized carbons (Fsp3) is 0.588. The lowest BCUT2D eigenvalue weighted by Crippen LogP contribution is -2.38. The van der Waals surface area contributed by atoms with Crippen molar-refractivity contribution < 1.29 is 19.0 Å². The molecule has 1 rings (SSSR count). The molecule has 1 amide bonds. The lowest BCUT2D eigenvalue weighted by molar-refractivity contribution is 0.0183. The summed E-state index contributed by atoms with van der Waals surface area (Å²) in [5, 5.41) is 0. The molecule has 0 atom stereocenters. The molecule has 23 heavy (non-hydrogen) atoms. The molecule has 0 unspecified atom stereocenters. The van der Waals surface area contributed by atoms with E-state index in [1.54, 1.807) is 19.1 Å². The molecule has 1 aromatic carbocycles. The number of carbonyl (C=O) groups excluding carboxylic acids is 1. The van der Waals surface area contributed by atoms with Crippen molar-refractivity contribution in [1.29, 1.82) is 0 Å². The summed E-state index contributed by atoms with van der Waals surface area (Å²) in [5.41, 5.74) is 1.35. The van der Waals surface area contributed by atoms with E-state index in [1.165, 1.54) is 0 Å². The Hall–Kier alpha value is -1.69. The average molecular weight is 319 g/mol. The van der Waals surface area contributed by atoms with Gasteiger partial charge < -0.3 is 19.1 Å². The van der Waals surface area contributed by atoms with Gasteiger partial charge in [-0.15, -0.1) is 0 Å². The number of nitrogens with zero attached hydrogens (tertiary/aromatic N) is 1. The second kappa shape index (κ2) is 8.82. The summed E-state index contributed by atoms with van der Waals surface area (Å²) < 4.78 is 15.8. The highest BCUT2D eigenvalue weighted by molar-refractivity contribution is 6.08. The summed E-state index contributed by atoms with van der Waals surface area (Å²) in [4.78, 5) is 14.0. The number of benzene rings is 1. The molecule has 0 aliphatic carbocycles. The van der Waals surface area contributed by atoms with Crippen LogP contribution in [0.5, 0.6) is 5.75 Å². The van der Waals surface area contributed by atoms with Crippen molar-refractivity contribution in [2.75, 3.05) is 27.4 Å². The highest BCUT2D eigenvalue weighted by atomic mass is 16.6. The normalized spacial score (nSPS) is 11.2. The zero-order chi connectivity index (χ0) is 17.5. The fourth-order valence-corrected chi connectivity index (χ4v) is 2.04. The largest absolute Gasteiger partial charge is 0.497 e. The number of hydrogen-bond donors (Lipinski definition) is 0. The molecule has 0 aliphatic rings. The van der Waals surface area contributed by atoms with Gasteiger partial charge in [-0.2, -0.15) is 0 Å². The first kappa shape index (κ1) is 19.4. The Balaban J connectivity index is 2.93. The fourth-order valence-electron chi connectivity index (χ4n) is 2.04. The Morgan fingerprint density at radius 1 is 1.17 bits per heavy atom. The Labute approximate surface area is 140 Å². The van der Waals surface area contributed by atoms with Gasteiger partial charge in [0, 0.05) is 20.2 Å². The highest BCUT2D eigenvalue weighted by Crippen LogP contribution is 2.19. The first-order valence-electron chi connectivity index (χ1n) is 7.63. The molecule has 0 saturated carbocycles. The first-order chi connectivity index (χ1) is 10.8. The molecule has 0 aliphatic heterocycles. The predicted octanol–water partition coefficient (Wildman–Crippen LogP) is 2.75. The zero-order valence-electron chi connectivity index (χ0n) is 14.7. The Bertz CT molecular complexity index is 492. The molecule has 0 N–H and O–H groups in total. The SMILES string of the molecule is [B]Cc1cc(CN(CCOC)C(=O)OC(C)(C)C)cc(OC)c1. The van der Waals surface area contributed by atoms with Crippen LogP contribution in [0.2, 0.25) is 0 Å². The van der Waals surface area contributed by atoms with E-state index >= 15 is 0 Å². The maximum absolute atomic E-state index is 12.4. The van der Waals surface area contributed by atoms with Crippen molar-refractivity contribution in [2.24, 2.45) is 0 Å². The molecule has 1 aromatic rings. The van der Waals surface area contributed by atoms with Gasteiger partial charge in [0.15, 0.2) is 0 Å². The lowest BCUT2D eigenvalue weighted by atomic mass is 9.95. The summed E-state index contributed by atoms with van der Waals surface area (Å²) in [7, 11) is 8.93. The van der Waals surface area contributed by atoms with Crippen LogP contribution in [-0.2, 0) is 22.3 Å². The minimum absolute atomic E-state index is 0.369. The summed E-state index contributed by atoms with van der Waals surface area (Å²) in [6, 6.07) is 5.74. The highest BCUT2D eigenvalue weighted by Gasteiger charge is 2.22. The molecule has 0 bridgehead atoms. The molecule has 0 fully saturated rings. The Morgan fingerprint density at radius 2 is 1.83 bits per heavy atom. The first-order valence-corrected chi connectivity index (χ1v) is 7.63. The van der Waals surface area contributed by atoms with Crippen molar-refractivity contribution >= 4 is 13.9 Å². The quantitative estimate of drug-likeness (QED) is 0.725. The van der Waals surface area contributed by atoms with Gasteiger partial charge in [0.25, 0.3) is 0 Å². The van der Waals surface area contributed by atoms with Crippen LogP contribution in [0.25, 0.3) is 0 Å². The summed E-state index contributed by atoms with van der Waals surface area (Å²) in [6.45, 7) is 6.82. The zero-order valence-corrected chi connectivity index (χ0v) is 14.7. The minimum Gasteiger partial charge on any atom is -0.497 e. The van der Waals surface area contributed by atoms with E-state index in [1.807, 2.05) is 39.0 Å². The third-order valence-electron chi connectivity index (χ3n) is 3.09. The van der Waals surface area contributed by atoms with Gasteiger partial charge in [-0.3, -0.25) is 0 Å². The number of rotatable bonds is 7. The molecule has 0 aromatic heterocycles. The molecule has 5 nitrogen and oxygen atoms in total. The summed E-state index contributed by atoms with van der Waals surface area (Å²) >= 11 is 0. The molecule has 0 heterocycles. The number of carbonyl (C=O) groups is 1. The van der Waals surface area contributed by atoms with Crippen molar-refractivity contribution in [3.05, 3.63) is 29.3 Å². The van der Waals surface area contributed by atoms with Gasteiger partial charge in [-0.25, -0.2) is 4.79 Å². The van der Waals surface area contributed by atoms with E-state index in [4.69, 9.17) is 22.1 Å². The second-order valence-corrected chi connectivity index (χ2v) is 6.29. The van der Waals surface area contributed by atoms with Gasteiger partial charge in [0.05, 0.1) is 21.6 Å². The molecule has 0 spiro atoms. The van der Waals surface area contributed by atoms with Gasteiger partial charge in [-0.05, 0) is 38.5 Å². The van der Waals surface area contributed by atoms with Gasteiger partial charge in [-0.1, -0.05) is 17.9 Å². The average Bonchev–Trinajstić information content (AvgIpc) is 2.49. The van der Waals surface area contributed by atoms with Crippen LogP contribution in [0.15, 0.2) is 18.2 Å². The van der Waals surface area contributed by atoms with E-state index in [9.17, 15) is 4.79 Å².